The third kappa shape index (κ3) is 2.05. The Bertz CT molecular complexity index is 764. The number of benzene rings is 1. The minimum absolute atomic E-state index is 0.00631. The van der Waals surface area contributed by atoms with Crippen molar-refractivity contribution in [1.29, 1.82) is 0 Å². The van der Waals surface area contributed by atoms with Crippen LogP contribution in [0.2, 0.25) is 0 Å². The number of hydrogen-bond acceptors (Lipinski definition) is 4. The van der Waals surface area contributed by atoms with Gasteiger partial charge >= 0.3 is 0 Å². The molecule has 106 valence electrons. The zero-order valence-electron chi connectivity index (χ0n) is 11.7. The zero-order valence-corrected chi connectivity index (χ0v) is 11.7. The Kier molecular flexibility index (Phi) is 2.84. The van der Waals surface area contributed by atoms with E-state index in [2.05, 4.69) is 15.0 Å². The smallest absolute Gasteiger partial charge is 0.255 e. The number of nitrogens with one attached hydrogen (secondary N) is 1. The van der Waals surface area contributed by atoms with Gasteiger partial charge < -0.3 is 0 Å². The summed E-state index contributed by atoms with van der Waals surface area (Å²) >= 11 is 0. The number of H-pyrrole nitrogens is 1. The van der Waals surface area contributed by atoms with Crippen molar-refractivity contribution < 1.29 is 0 Å². The van der Waals surface area contributed by atoms with E-state index in [1.807, 2.05) is 35.2 Å². The average molecular weight is 280 g/mol. The third-order valence-corrected chi connectivity index (χ3v) is 4.06. The molecule has 0 atom stereocenters. The molecule has 2 heterocycles. The van der Waals surface area contributed by atoms with Crippen LogP contribution in [0.15, 0.2) is 40.1 Å². The van der Waals surface area contributed by atoms with Crippen LogP contribution < -0.4 is 10.5 Å². The van der Waals surface area contributed by atoms with E-state index in [9.17, 15) is 4.79 Å². The fourth-order valence-electron chi connectivity index (χ4n) is 3.04. The Morgan fingerprint density at radius 1 is 1.14 bits per heavy atom. The van der Waals surface area contributed by atoms with Gasteiger partial charge in [-0.25, -0.2) is 4.98 Å². The minimum atomic E-state index is 0.00631. The predicted molar refractivity (Wildman–Crippen MR) is 82.1 cm³/mol. The van der Waals surface area contributed by atoms with Gasteiger partial charge in [-0.2, -0.15) is 0 Å². The van der Waals surface area contributed by atoms with Crippen LogP contribution in [0, 0.1) is 0 Å². The second-order valence-corrected chi connectivity index (χ2v) is 5.39. The number of fused-ring (bicyclic) bond motifs is 1. The number of aliphatic imine (C=N–C) groups is 1. The molecule has 2 aliphatic rings. The van der Waals surface area contributed by atoms with Crippen molar-refractivity contribution in [2.24, 2.45) is 4.99 Å². The van der Waals surface area contributed by atoms with Gasteiger partial charge in [-0.15, -0.1) is 0 Å². The van der Waals surface area contributed by atoms with Gasteiger partial charge in [0.1, 0.15) is 5.84 Å². The Hall–Kier alpha value is -2.43. The molecular formula is C16H16N4O. The highest BCUT2D eigenvalue weighted by molar-refractivity contribution is 6.10. The molecule has 1 aromatic heterocycles. The SMILES string of the molecule is O=c1[nH]c(N2CCN=C2c2ccccc2)nc2c1CCC2. The summed E-state index contributed by atoms with van der Waals surface area (Å²) in [6.45, 7) is 1.48. The van der Waals surface area contributed by atoms with Crippen LogP contribution in [0.25, 0.3) is 0 Å². The Morgan fingerprint density at radius 3 is 2.86 bits per heavy atom. The summed E-state index contributed by atoms with van der Waals surface area (Å²) in [5.41, 5.74) is 2.87. The molecular weight excluding hydrogens is 264 g/mol. The first-order valence-electron chi connectivity index (χ1n) is 7.32. The van der Waals surface area contributed by atoms with Crippen LogP contribution in [0.4, 0.5) is 5.95 Å². The number of hydrogen-bond donors (Lipinski definition) is 1. The van der Waals surface area contributed by atoms with E-state index in [-0.39, 0.29) is 5.56 Å². The van der Waals surface area contributed by atoms with Crippen LogP contribution >= 0.6 is 0 Å². The molecule has 0 amide bonds. The third-order valence-electron chi connectivity index (χ3n) is 4.06. The summed E-state index contributed by atoms with van der Waals surface area (Å²) in [6, 6.07) is 10.0. The van der Waals surface area contributed by atoms with E-state index >= 15 is 0 Å². The molecule has 5 heteroatoms. The molecule has 0 bridgehead atoms. The number of aromatic nitrogens is 2. The maximum Gasteiger partial charge on any atom is 0.255 e. The summed E-state index contributed by atoms with van der Waals surface area (Å²) in [5, 5.41) is 0. The summed E-state index contributed by atoms with van der Waals surface area (Å²) in [4.78, 5) is 26.3. The van der Waals surface area contributed by atoms with Crippen LogP contribution in [-0.4, -0.2) is 28.9 Å². The van der Waals surface area contributed by atoms with Crippen molar-refractivity contribution in [1.82, 2.24) is 9.97 Å². The van der Waals surface area contributed by atoms with E-state index < -0.39 is 0 Å². The molecule has 0 spiro atoms. The molecule has 0 radical (unpaired) electrons. The van der Waals surface area contributed by atoms with Crippen LogP contribution in [0.3, 0.4) is 0 Å². The zero-order chi connectivity index (χ0) is 14.2. The number of aryl methyl sites for hydroxylation is 1. The number of rotatable bonds is 2. The molecule has 21 heavy (non-hydrogen) atoms. The molecule has 0 fully saturated rings. The molecule has 1 aromatic carbocycles. The first-order valence-corrected chi connectivity index (χ1v) is 7.32. The van der Waals surface area contributed by atoms with Gasteiger partial charge in [0.2, 0.25) is 5.95 Å². The maximum atomic E-state index is 12.2. The lowest BCUT2D eigenvalue weighted by atomic mass is 10.2. The second kappa shape index (κ2) is 4.84. The Morgan fingerprint density at radius 2 is 2.00 bits per heavy atom. The number of nitrogens with zero attached hydrogens (tertiary/aromatic N) is 3. The lowest BCUT2D eigenvalue weighted by Crippen LogP contribution is -2.32. The summed E-state index contributed by atoms with van der Waals surface area (Å²) in [6.07, 6.45) is 2.77. The largest absolute Gasteiger partial charge is 0.294 e. The van der Waals surface area contributed by atoms with Gasteiger partial charge in [0.25, 0.3) is 5.56 Å². The van der Waals surface area contributed by atoms with E-state index in [0.717, 1.165) is 55.0 Å². The van der Waals surface area contributed by atoms with Crippen molar-refractivity contribution in [2.75, 3.05) is 18.0 Å². The van der Waals surface area contributed by atoms with Crippen LogP contribution in [-0.2, 0) is 12.8 Å². The highest BCUT2D eigenvalue weighted by Crippen LogP contribution is 2.21. The highest BCUT2D eigenvalue weighted by atomic mass is 16.1. The highest BCUT2D eigenvalue weighted by Gasteiger charge is 2.25. The first-order chi connectivity index (χ1) is 10.3. The van der Waals surface area contributed by atoms with Crippen molar-refractivity contribution in [3.8, 4) is 0 Å². The van der Waals surface area contributed by atoms with Gasteiger partial charge in [-0.3, -0.25) is 19.7 Å². The molecule has 5 nitrogen and oxygen atoms in total. The van der Waals surface area contributed by atoms with E-state index in [1.54, 1.807) is 0 Å². The van der Waals surface area contributed by atoms with Crippen molar-refractivity contribution in [3.63, 3.8) is 0 Å². The number of anilines is 1. The van der Waals surface area contributed by atoms with Crippen molar-refractivity contribution in [3.05, 3.63) is 57.5 Å². The molecule has 1 N–H and O–H groups in total. The molecule has 0 unspecified atom stereocenters. The Labute approximate surface area is 122 Å². The molecule has 1 aliphatic carbocycles. The molecule has 2 aromatic rings. The van der Waals surface area contributed by atoms with Gasteiger partial charge in [-0.05, 0) is 19.3 Å². The predicted octanol–water partition coefficient (Wildman–Crippen LogP) is 1.53. The quantitative estimate of drug-likeness (QED) is 0.907. The molecule has 0 saturated heterocycles. The summed E-state index contributed by atoms with van der Waals surface area (Å²) < 4.78 is 0. The fourth-order valence-corrected chi connectivity index (χ4v) is 3.04. The lowest BCUT2D eigenvalue weighted by molar-refractivity contribution is 0.894. The Balaban J connectivity index is 1.76. The van der Waals surface area contributed by atoms with Gasteiger partial charge in [-0.1, -0.05) is 30.3 Å². The topological polar surface area (TPSA) is 61.4 Å². The normalized spacial score (nSPS) is 17.0. The summed E-state index contributed by atoms with van der Waals surface area (Å²) in [7, 11) is 0. The maximum absolute atomic E-state index is 12.2. The minimum Gasteiger partial charge on any atom is -0.294 e. The number of aromatic amines is 1. The average Bonchev–Trinajstić information content (AvgIpc) is 3.17. The number of amidine groups is 1. The first kappa shape index (κ1) is 12.3. The van der Waals surface area contributed by atoms with E-state index in [0.29, 0.717) is 5.95 Å². The van der Waals surface area contributed by atoms with E-state index in [4.69, 9.17) is 0 Å². The van der Waals surface area contributed by atoms with E-state index in [1.165, 1.54) is 0 Å². The fraction of sp³-hybridized carbons (Fsp3) is 0.312. The molecule has 1 aliphatic heterocycles. The van der Waals surface area contributed by atoms with Gasteiger partial charge in [0.05, 0.1) is 12.2 Å². The van der Waals surface area contributed by atoms with Crippen molar-refractivity contribution >= 4 is 11.8 Å². The standard InChI is InChI=1S/C16H16N4O/c21-15-12-7-4-8-13(12)18-16(19-15)20-10-9-17-14(20)11-5-2-1-3-6-11/h1-3,5-6H,4,7-10H2,(H,18,19,21). The van der Waals surface area contributed by atoms with Gasteiger partial charge in [0.15, 0.2) is 0 Å². The second-order valence-electron chi connectivity index (χ2n) is 5.39. The van der Waals surface area contributed by atoms with Crippen LogP contribution in [0.1, 0.15) is 23.2 Å². The monoisotopic (exact) mass is 280 g/mol. The molecule has 0 saturated carbocycles. The van der Waals surface area contributed by atoms with Crippen LogP contribution in [0.5, 0.6) is 0 Å². The summed E-state index contributed by atoms with van der Waals surface area (Å²) in [5.74, 6) is 1.51. The van der Waals surface area contributed by atoms with Crippen molar-refractivity contribution in [2.45, 2.75) is 19.3 Å². The molecule has 4 rings (SSSR count). The lowest BCUT2D eigenvalue weighted by Gasteiger charge is -2.19. The van der Waals surface area contributed by atoms with Gasteiger partial charge in [0, 0.05) is 17.7 Å².